The number of carbonyl (C=O) groups is 2. The summed E-state index contributed by atoms with van der Waals surface area (Å²) in [5, 5.41) is 0. The zero-order valence-corrected chi connectivity index (χ0v) is 13.3. The highest BCUT2D eigenvalue weighted by molar-refractivity contribution is 6.00. The summed E-state index contributed by atoms with van der Waals surface area (Å²) in [7, 11) is 1.49. The molecule has 0 bridgehead atoms. The maximum absolute atomic E-state index is 12.3. The van der Waals surface area contributed by atoms with E-state index in [1.54, 1.807) is 49.4 Å². The Morgan fingerprint density at radius 2 is 1.70 bits per heavy atom. The molecule has 5 heteroatoms. The van der Waals surface area contributed by atoms with Crippen molar-refractivity contribution in [2.24, 2.45) is 0 Å². The molecule has 0 amide bonds. The number of ketones is 1. The van der Waals surface area contributed by atoms with E-state index in [0.717, 1.165) is 5.56 Å². The summed E-state index contributed by atoms with van der Waals surface area (Å²) in [6, 6.07) is 11.9. The second kappa shape index (κ2) is 7.56. The van der Waals surface area contributed by atoms with Gasteiger partial charge in [-0.1, -0.05) is 24.3 Å². The monoisotopic (exact) mass is 314 g/mol. The van der Waals surface area contributed by atoms with Crippen molar-refractivity contribution in [1.29, 1.82) is 0 Å². The molecular formula is C18H18O5. The van der Waals surface area contributed by atoms with Crippen molar-refractivity contribution in [1.82, 2.24) is 0 Å². The third kappa shape index (κ3) is 3.96. The van der Waals surface area contributed by atoms with Gasteiger partial charge in [-0.2, -0.15) is 0 Å². The zero-order valence-electron chi connectivity index (χ0n) is 13.3. The second-order valence-corrected chi connectivity index (χ2v) is 4.95. The quantitative estimate of drug-likeness (QED) is 0.354. The van der Waals surface area contributed by atoms with Crippen LogP contribution >= 0.6 is 0 Å². The van der Waals surface area contributed by atoms with Crippen molar-refractivity contribution in [3.05, 3.63) is 59.2 Å². The summed E-state index contributed by atoms with van der Waals surface area (Å²) in [5.74, 6) is -0.337. The van der Waals surface area contributed by atoms with Crippen molar-refractivity contribution in [3.63, 3.8) is 0 Å². The van der Waals surface area contributed by atoms with Crippen LogP contribution in [-0.4, -0.2) is 25.7 Å². The van der Waals surface area contributed by atoms with Crippen molar-refractivity contribution in [2.45, 2.75) is 13.8 Å². The largest absolute Gasteiger partial charge is 0.463 e. The van der Waals surface area contributed by atoms with Crippen molar-refractivity contribution < 1.29 is 23.8 Å². The Hall–Kier alpha value is -2.66. The number of rotatable bonds is 6. The molecule has 5 nitrogen and oxygen atoms in total. The summed E-state index contributed by atoms with van der Waals surface area (Å²) < 4.78 is 15.9. The molecule has 0 aliphatic rings. The molecule has 0 N–H and O–H groups in total. The van der Waals surface area contributed by atoms with Gasteiger partial charge in [-0.3, -0.25) is 4.79 Å². The fourth-order valence-corrected chi connectivity index (χ4v) is 2.06. The smallest absolute Gasteiger partial charge is 0.343 e. The normalized spacial score (nSPS) is 10.2. The van der Waals surface area contributed by atoms with Gasteiger partial charge in [-0.05, 0) is 37.6 Å². The first-order valence-electron chi connectivity index (χ1n) is 7.08. The minimum Gasteiger partial charge on any atom is -0.463 e. The van der Waals surface area contributed by atoms with Crippen molar-refractivity contribution in [3.8, 4) is 11.5 Å². The number of ether oxygens (including phenoxy) is 3. The van der Waals surface area contributed by atoms with E-state index in [0.29, 0.717) is 11.3 Å². The van der Waals surface area contributed by atoms with Crippen LogP contribution in [0.4, 0.5) is 0 Å². The third-order valence-corrected chi connectivity index (χ3v) is 3.21. The number of methoxy groups -OCH3 is 1. The van der Waals surface area contributed by atoms with Crippen LogP contribution in [0.1, 0.15) is 33.2 Å². The van der Waals surface area contributed by atoms with E-state index < -0.39 is 5.97 Å². The Bertz CT molecular complexity index is 707. The third-order valence-electron chi connectivity index (χ3n) is 3.21. The summed E-state index contributed by atoms with van der Waals surface area (Å²) in [5.41, 5.74) is 1.41. The molecule has 0 unspecified atom stereocenters. The van der Waals surface area contributed by atoms with Crippen LogP contribution in [0.3, 0.4) is 0 Å². The molecule has 0 saturated heterocycles. The van der Waals surface area contributed by atoms with Gasteiger partial charge in [0, 0.05) is 7.11 Å². The lowest BCUT2D eigenvalue weighted by Crippen LogP contribution is -2.13. The highest BCUT2D eigenvalue weighted by Gasteiger charge is 2.21. The zero-order chi connectivity index (χ0) is 16.8. The summed E-state index contributed by atoms with van der Waals surface area (Å²) in [4.78, 5) is 24.1. The first-order valence-corrected chi connectivity index (χ1v) is 7.08. The van der Waals surface area contributed by atoms with Gasteiger partial charge in [-0.25, -0.2) is 4.79 Å². The van der Waals surface area contributed by atoms with Crippen LogP contribution in [0.15, 0.2) is 42.5 Å². The minimum atomic E-state index is -0.555. The lowest BCUT2D eigenvalue weighted by molar-refractivity contribution is 0.0464. The van der Waals surface area contributed by atoms with Gasteiger partial charge in [0.25, 0.3) is 0 Å². The number of Topliss-reactive ketones (excluding diaryl/α,β-unsaturated/α-hetero) is 1. The molecule has 0 aliphatic heterocycles. The van der Waals surface area contributed by atoms with E-state index in [-0.39, 0.29) is 23.9 Å². The van der Waals surface area contributed by atoms with Crippen LogP contribution in [0.2, 0.25) is 0 Å². The number of aryl methyl sites for hydroxylation is 1. The van der Waals surface area contributed by atoms with Gasteiger partial charge in [-0.15, -0.1) is 0 Å². The van der Waals surface area contributed by atoms with Crippen LogP contribution in [0.5, 0.6) is 11.5 Å². The number of hydrogen-bond acceptors (Lipinski definition) is 5. The molecule has 0 aliphatic carbocycles. The highest BCUT2D eigenvalue weighted by Crippen LogP contribution is 2.35. The lowest BCUT2D eigenvalue weighted by Gasteiger charge is -2.16. The van der Waals surface area contributed by atoms with E-state index in [1.807, 2.05) is 0 Å². The molecule has 2 aromatic rings. The second-order valence-electron chi connectivity index (χ2n) is 4.95. The Morgan fingerprint density at radius 3 is 2.30 bits per heavy atom. The van der Waals surface area contributed by atoms with E-state index in [9.17, 15) is 9.59 Å². The van der Waals surface area contributed by atoms with Crippen molar-refractivity contribution in [2.75, 3.05) is 13.9 Å². The molecule has 2 rings (SSSR count). The van der Waals surface area contributed by atoms with Gasteiger partial charge in [0.1, 0.15) is 0 Å². The number of hydrogen-bond donors (Lipinski definition) is 0. The SMILES string of the molecule is COCOc1c(C)ccc(C(C)=O)c1OC(=O)c1ccccc1. The fraction of sp³-hybridized carbons (Fsp3) is 0.222. The van der Waals surface area contributed by atoms with E-state index in [2.05, 4.69) is 0 Å². The van der Waals surface area contributed by atoms with Gasteiger partial charge < -0.3 is 14.2 Å². The maximum atomic E-state index is 12.3. The van der Waals surface area contributed by atoms with E-state index in [1.165, 1.54) is 14.0 Å². The molecule has 0 spiro atoms. The Balaban J connectivity index is 2.43. The number of esters is 1. The Kier molecular flexibility index (Phi) is 5.49. The lowest BCUT2D eigenvalue weighted by atomic mass is 10.1. The first kappa shape index (κ1) is 16.7. The molecule has 0 heterocycles. The molecule has 0 atom stereocenters. The average Bonchev–Trinajstić information content (AvgIpc) is 2.55. The molecule has 120 valence electrons. The van der Waals surface area contributed by atoms with Gasteiger partial charge in [0.05, 0.1) is 11.1 Å². The van der Waals surface area contributed by atoms with Gasteiger partial charge >= 0.3 is 5.97 Å². The fourth-order valence-electron chi connectivity index (χ4n) is 2.06. The predicted octanol–water partition coefficient (Wildman–Crippen LogP) is 3.40. The van der Waals surface area contributed by atoms with Gasteiger partial charge in [0.2, 0.25) is 0 Å². The van der Waals surface area contributed by atoms with Crippen molar-refractivity contribution >= 4 is 11.8 Å². The summed E-state index contributed by atoms with van der Waals surface area (Å²) in [6.07, 6.45) is 0. The summed E-state index contributed by atoms with van der Waals surface area (Å²) >= 11 is 0. The van der Waals surface area contributed by atoms with E-state index in [4.69, 9.17) is 14.2 Å². The van der Waals surface area contributed by atoms with Crippen LogP contribution in [-0.2, 0) is 4.74 Å². The molecule has 0 aromatic heterocycles. The first-order chi connectivity index (χ1) is 11.0. The van der Waals surface area contributed by atoms with Crippen LogP contribution in [0.25, 0.3) is 0 Å². The molecule has 23 heavy (non-hydrogen) atoms. The Labute approximate surface area is 134 Å². The molecule has 0 radical (unpaired) electrons. The maximum Gasteiger partial charge on any atom is 0.343 e. The predicted molar refractivity (Wildman–Crippen MR) is 85.1 cm³/mol. The van der Waals surface area contributed by atoms with E-state index >= 15 is 0 Å². The Morgan fingerprint density at radius 1 is 1.00 bits per heavy atom. The van der Waals surface area contributed by atoms with Gasteiger partial charge in [0.15, 0.2) is 24.1 Å². The molecule has 2 aromatic carbocycles. The molecule has 0 saturated carbocycles. The number of benzene rings is 2. The topological polar surface area (TPSA) is 61.8 Å². The summed E-state index contributed by atoms with van der Waals surface area (Å²) in [6.45, 7) is 3.19. The standard InChI is InChI=1S/C18H18O5/c1-12-9-10-15(13(2)19)17(16(12)22-11-21-3)23-18(20)14-7-5-4-6-8-14/h4-10H,11H2,1-3H3. The minimum absolute atomic E-state index is 0.0158. The van der Waals surface area contributed by atoms with Crippen LogP contribution in [0, 0.1) is 6.92 Å². The number of carbonyl (C=O) groups excluding carboxylic acids is 2. The van der Waals surface area contributed by atoms with Crippen LogP contribution < -0.4 is 9.47 Å². The molecule has 0 fully saturated rings. The molecular weight excluding hydrogens is 296 g/mol. The highest BCUT2D eigenvalue weighted by atomic mass is 16.7. The average molecular weight is 314 g/mol.